The summed E-state index contributed by atoms with van der Waals surface area (Å²) >= 11 is 0. The second-order valence-corrected chi connectivity index (χ2v) is 1.80. The van der Waals surface area contributed by atoms with Gasteiger partial charge in [0, 0.05) is 0 Å². The molecule has 0 unspecified atom stereocenters. The number of rotatable bonds is 0. The van der Waals surface area contributed by atoms with Gasteiger partial charge in [0.2, 0.25) is 0 Å². The third-order valence-electron chi connectivity index (χ3n) is 0. The molecule has 0 radical (unpaired) electrons. The van der Waals surface area contributed by atoms with Crippen LogP contribution in [-0.2, 0) is 0 Å². The predicted molar refractivity (Wildman–Crippen MR) is 17.2 cm³/mol. The van der Waals surface area contributed by atoms with Gasteiger partial charge in [0.25, 0.3) is 0 Å². The van der Waals surface area contributed by atoms with Crippen LogP contribution in [0.15, 0.2) is 0 Å². The Balaban J connectivity index is 3.02. The molecule has 0 aromatic rings. The van der Waals surface area contributed by atoms with E-state index in [4.69, 9.17) is 19.6 Å². The van der Waals surface area contributed by atoms with Crippen LogP contribution in [0.5, 0.6) is 0 Å². The molecule has 0 rings (SSSR count). The summed E-state index contributed by atoms with van der Waals surface area (Å²) in [5.74, 6) is 0. The van der Waals surface area contributed by atoms with Crippen LogP contribution in [-0.4, -0.2) is 19.6 Å². The van der Waals surface area contributed by atoms with Crippen LogP contribution in [0.1, 0.15) is 0 Å². The van der Waals surface area contributed by atoms with E-state index in [9.17, 15) is 0 Å². The van der Waals surface area contributed by atoms with Crippen molar-refractivity contribution in [1.82, 2.24) is 0 Å². The molecule has 0 atom stereocenters. The first-order chi connectivity index (χ1) is 2.00. The molecule has 5 heteroatoms. The van der Waals surface area contributed by atoms with Crippen LogP contribution in [0.3, 0.4) is 0 Å². The van der Waals surface area contributed by atoms with Crippen molar-refractivity contribution in [3.63, 3.8) is 0 Å². The van der Waals surface area contributed by atoms with Crippen molar-refractivity contribution in [2.24, 2.45) is 0 Å². The van der Waals surface area contributed by atoms with E-state index in [1.54, 1.807) is 0 Å². The molecule has 0 aromatic heterocycles. The second-order valence-electron chi connectivity index (χ2n) is 0.600. The van der Waals surface area contributed by atoms with E-state index in [2.05, 4.69) is 0 Å². The Morgan fingerprint density at radius 3 is 0.800 bits per heavy atom. The van der Waals surface area contributed by atoms with E-state index in [-0.39, 0.29) is 0 Å². The molecule has 0 aliphatic heterocycles. The fourth-order valence-electron chi connectivity index (χ4n) is 0. The Bertz CT molecular complexity index is 19.1. The first kappa shape index (κ1) is 5.27. The predicted octanol–water partition coefficient (Wildman–Crippen LogP) is -1.63. The van der Waals surface area contributed by atoms with Gasteiger partial charge in [-0.25, -0.2) is 0 Å². The molecule has 0 aliphatic rings. The fourth-order valence-corrected chi connectivity index (χ4v) is 0. The van der Waals surface area contributed by atoms with Crippen molar-refractivity contribution in [3.05, 3.63) is 0 Å². The summed E-state index contributed by atoms with van der Waals surface area (Å²) in [4.78, 5) is 29.3. The average molecular weight is 100 g/mol. The maximum absolute atomic E-state index is 7.33. The van der Waals surface area contributed by atoms with Gasteiger partial charge in [-0.2, -0.15) is 0 Å². The molecule has 0 saturated heterocycles. The van der Waals surface area contributed by atoms with Crippen molar-refractivity contribution in [3.8, 4) is 0 Å². The van der Waals surface area contributed by atoms with Gasteiger partial charge in [-0.15, -0.1) is 0 Å². The van der Waals surface area contributed by atoms with Gasteiger partial charge in [0.15, 0.2) is 0 Å². The Kier molecular flexibility index (Phi) is 1.22. The monoisotopic (exact) mass is 100.0 g/mol. The molecule has 0 bridgehead atoms. The summed E-state index contributed by atoms with van der Waals surface area (Å²) in [6.07, 6.45) is 0. The summed E-state index contributed by atoms with van der Waals surface area (Å²) in [6.45, 7) is 0. The zero-order valence-corrected chi connectivity index (χ0v) is 3.29. The van der Waals surface area contributed by atoms with Crippen molar-refractivity contribution < 1.29 is 19.6 Å². The molecule has 5 heavy (non-hydrogen) atoms. The van der Waals surface area contributed by atoms with Crippen molar-refractivity contribution in [1.29, 1.82) is 0 Å². The SMILES string of the molecule is O[PH](O)(O)O. The van der Waals surface area contributed by atoms with Crippen LogP contribution in [0.4, 0.5) is 0 Å². The van der Waals surface area contributed by atoms with E-state index >= 15 is 0 Å². The zero-order valence-electron chi connectivity index (χ0n) is 2.29. The maximum atomic E-state index is 7.33. The third-order valence-corrected chi connectivity index (χ3v) is 0. The molecule has 4 N–H and O–H groups in total. The summed E-state index contributed by atoms with van der Waals surface area (Å²) in [5.41, 5.74) is 0. The Hall–Kier alpha value is 0.270. The summed E-state index contributed by atoms with van der Waals surface area (Å²) in [7, 11) is -4.61. The van der Waals surface area contributed by atoms with E-state index in [0.717, 1.165) is 0 Å². The van der Waals surface area contributed by atoms with Crippen molar-refractivity contribution >= 4 is 8.17 Å². The topological polar surface area (TPSA) is 80.9 Å². The Morgan fingerprint density at radius 2 is 0.800 bits per heavy atom. The van der Waals surface area contributed by atoms with Crippen molar-refractivity contribution in [2.75, 3.05) is 0 Å². The molecular weight excluding hydrogens is 95.0 g/mol. The van der Waals surface area contributed by atoms with Crippen LogP contribution in [0, 0.1) is 0 Å². The molecule has 0 aromatic carbocycles. The standard InChI is InChI=1S/H5O4P/c1-5(2,3)4/h1-5H. The molecule has 0 fully saturated rings. The van der Waals surface area contributed by atoms with Gasteiger partial charge < -0.3 is 0 Å². The molecule has 4 nitrogen and oxygen atoms in total. The van der Waals surface area contributed by atoms with Gasteiger partial charge in [0.1, 0.15) is 0 Å². The minimum absolute atomic E-state index is 4.61. The number of hydrogen-bond acceptors (Lipinski definition) is 4. The van der Waals surface area contributed by atoms with E-state index in [1.807, 2.05) is 0 Å². The first-order valence-electron chi connectivity index (χ1n) is 0.894. The second kappa shape index (κ2) is 1.16. The van der Waals surface area contributed by atoms with Gasteiger partial charge in [0.05, 0.1) is 0 Å². The van der Waals surface area contributed by atoms with Crippen molar-refractivity contribution in [2.45, 2.75) is 0 Å². The molecular formula is H5O4P. The summed E-state index contributed by atoms with van der Waals surface area (Å²) in [6, 6.07) is 0. The van der Waals surface area contributed by atoms with E-state index < -0.39 is 8.17 Å². The Labute approximate surface area is 29.0 Å². The zero-order chi connectivity index (χ0) is 4.50. The van der Waals surface area contributed by atoms with Gasteiger partial charge >= 0.3 is 27.7 Å². The summed E-state index contributed by atoms with van der Waals surface area (Å²) < 4.78 is 0. The fraction of sp³-hybridized carbons (Fsp3) is 0. The molecule has 0 aliphatic carbocycles. The van der Waals surface area contributed by atoms with Gasteiger partial charge in [-0.1, -0.05) is 0 Å². The van der Waals surface area contributed by atoms with Crippen LogP contribution in [0.25, 0.3) is 0 Å². The summed E-state index contributed by atoms with van der Waals surface area (Å²) in [5, 5.41) is 0. The Morgan fingerprint density at radius 1 is 0.800 bits per heavy atom. The quantitative estimate of drug-likeness (QED) is 0.275. The molecule has 0 spiro atoms. The van der Waals surface area contributed by atoms with E-state index in [1.165, 1.54) is 0 Å². The molecule has 0 heterocycles. The molecule has 0 amide bonds. The molecule has 0 saturated carbocycles. The van der Waals surface area contributed by atoms with Crippen LogP contribution < -0.4 is 0 Å². The van der Waals surface area contributed by atoms with Crippen LogP contribution in [0.2, 0.25) is 0 Å². The van der Waals surface area contributed by atoms with Gasteiger partial charge in [-0.3, -0.25) is 0 Å². The van der Waals surface area contributed by atoms with Crippen LogP contribution >= 0.6 is 8.17 Å². The minimum atomic E-state index is -4.61. The molecule has 34 valence electrons. The average Bonchev–Trinajstić information content (AvgIpc) is 0.722. The normalized spacial score (nSPS) is 15.2. The first-order valence-corrected chi connectivity index (χ1v) is 2.68. The van der Waals surface area contributed by atoms with E-state index in [0.29, 0.717) is 0 Å². The number of hydrogen-bond donors (Lipinski definition) is 4. The van der Waals surface area contributed by atoms with Gasteiger partial charge in [-0.05, 0) is 0 Å². The third kappa shape index (κ3) is 302.